The van der Waals surface area contributed by atoms with Crippen molar-refractivity contribution in [2.75, 3.05) is 5.32 Å². The molecule has 4 nitrogen and oxygen atoms in total. The van der Waals surface area contributed by atoms with E-state index in [1.807, 2.05) is 92.7 Å². The summed E-state index contributed by atoms with van der Waals surface area (Å²) in [4.78, 5) is 12.8. The third-order valence-electron chi connectivity index (χ3n) is 4.31. The zero-order chi connectivity index (χ0) is 19.8. The Morgan fingerprint density at radius 1 is 0.964 bits per heavy atom. The Hall–Kier alpha value is -3.27. The molecule has 0 bridgehead atoms. The number of ether oxygens (including phenoxy) is 2. The van der Waals surface area contributed by atoms with Crippen molar-refractivity contribution < 1.29 is 14.3 Å². The summed E-state index contributed by atoms with van der Waals surface area (Å²) in [7, 11) is 0. The van der Waals surface area contributed by atoms with Crippen LogP contribution in [-0.2, 0) is 11.4 Å². The van der Waals surface area contributed by atoms with E-state index in [1.165, 1.54) is 0 Å². The van der Waals surface area contributed by atoms with Crippen molar-refractivity contribution >= 4 is 11.6 Å². The SMILES string of the molecule is CCC(Oc1cccc(C)c1)C(=O)Nc1ccccc1OCc1ccccc1. The van der Waals surface area contributed by atoms with Gasteiger partial charge < -0.3 is 14.8 Å². The van der Waals surface area contributed by atoms with Gasteiger partial charge in [-0.05, 0) is 48.7 Å². The number of carbonyl (C=O) groups is 1. The smallest absolute Gasteiger partial charge is 0.265 e. The highest BCUT2D eigenvalue weighted by molar-refractivity contribution is 5.95. The topological polar surface area (TPSA) is 47.6 Å². The third-order valence-corrected chi connectivity index (χ3v) is 4.31. The molecule has 1 amide bonds. The minimum absolute atomic E-state index is 0.195. The zero-order valence-electron chi connectivity index (χ0n) is 16.2. The first-order valence-electron chi connectivity index (χ1n) is 9.45. The summed E-state index contributed by atoms with van der Waals surface area (Å²) in [6.07, 6.45) is -0.0173. The van der Waals surface area contributed by atoms with Crippen LogP contribution in [0.1, 0.15) is 24.5 Å². The second kappa shape index (κ2) is 9.60. The number of hydrogen-bond donors (Lipinski definition) is 1. The lowest BCUT2D eigenvalue weighted by Gasteiger charge is -2.19. The molecule has 1 atom stereocenters. The maximum atomic E-state index is 12.8. The van der Waals surface area contributed by atoms with Gasteiger partial charge in [0.25, 0.3) is 5.91 Å². The molecule has 3 aromatic carbocycles. The molecule has 0 fully saturated rings. The van der Waals surface area contributed by atoms with Crippen LogP contribution in [0, 0.1) is 6.92 Å². The number of nitrogens with one attached hydrogen (secondary N) is 1. The van der Waals surface area contributed by atoms with Crippen LogP contribution in [-0.4, -0.2) is 12.0 Å². The van der Waals surface area contributed by atoms with Gasteiger partial charge >= 0.3 is 0 Å². The van der Waals surface area contributed by atoms with E-state index in [2.05, 4.69) is 5.32 Å². The molecule has 3 rings (SSSR count). The molecule has 0 radical (unpaired) electrons. The van der Waals surface area contributed by atoms with E-state index < -0.39 is 6.10 Å². The Bertz CT molecular complexity index is 908. The van der Waals surface area contributed by atoms with Crippen LogP contribution in [0.5, 0.6) is 11.5 Å². The number of amides is 1. The second-order valence-corrected chi connectivity index (χ2v) is 6.59. The van der Waals surface area contributed by atoms with E-state index in [-0.39, 0.29) is 5.91 Å². The molecular formula is C24H25NO3. The van der Waals surface area contributed by atoms with Gasteiger partial charge in [-0.15, -0.1) is 0 Å². The number of para-hydroxylation sites is 2. The molecule has 4 heteroatoms. The van der Waals surface area contributed by atoms with Crippen molar-refractivity contribution in [2.45, 2.75) is 33.0 Å². The first kappa shape index (κ1) is 19.5. The van der Waals surface area contributed by atoms with Gasteiger partial charge in [0, 0.05) is 0 Å². The largest absolute Gasteiger partial charge is 0.487 e. The minimum Gasteiger partial charge on any atom is -0.487 e. The number of anilines is 1. The van der Waals surface area contributed by atoms with Crippen molar-refractivity contribution in [3.05, 3.63) is 90.0 Å². The van der Waals surface area contributed by atoms with Crippen molar-refractivity contribution in [3.8, 4) is 11.5 Å². The molecule has 0 spiro atoms. The van der Waals surface area contributed by atoms with Gasteiger partial charge in [0.05, 0.1) is 5.69 Å². The number of hydrogen-bond acceptors (Lipinski definition) is 3. The Labute approximate surface area is 166 Å². The fourth-order valence-corrected chi connectivity index (χ4v) is 2.82. The molecule has 0 heterocycles. The molecule has 0 aliphatic carbocycles. The summed E-state index contributed by atoms with van der Waals surface area (Å²) >= 11 is 0. The van der Waals surface area contributed by atoms with Crippen molar-refractivity contribution in [1.29, 1.82) is 0 Å². The lowest BCUT2D eigenvalue weighted by molar-refractivity contribution is -0.122. The fourth-order valence-electron chi connectivity index (χ4n) is 2.82. The Morgan fingerprint density at radius 3 is 2.46 bits per heavy atom. The summed E-state index contributed by atoms with van der Waals surface area (Å²) in [5.41, 5.74) is 2.79. The lowest BCUT2D eigenvalue weighted by Crippen LogP contribution is -2.32. The van der Waals surface area contributed by atoms with Gasteiger partial charge in [-0.2, -0.15) is 0 Å². The van der Waals surface area contributed by atoms with E-state index in [0.717, 1.165) is 11.1 Å². The average molecular weight is 375 g/mol. The van der Waals surface area contributed by atoms with Crippen LogP contribution < -0.4 is 14.8 Å². The Balaban J connectivity index is 1.67. The molecule has 144 valence electrons. The van der Waals surface area contributed by atoms with Crippen LogP contribution in [0.4, 0.5) is 5.69 Å². The number of rotatable bonds is 8. The highest BCUT2D eigenvalue weighted by Crippen LogP contribution is 2.25. The predicted molar refractivity (Wildman–Crippen MR) is 112 cm³/mol. The molecule has 1 unspecified atom stereocenters. The maximum Gasteiger partial charge on any atom is 0.265 e. The first-order valence-corrected chi connectivity index (χ1v) is 9.45. The number of benzene rings is 3. The van der Waals surface area contributed by atoms with E-state index in [1.54, 1.807) is 0 Å². The summed E-state index contributed by atoms with van der Waals surface area (Å²) in [6, 6.07) is 25.1. The van der Waals surface area contributed by atoms with E-state index in [9.17, 15) is 4.79 Å². The molecule has 0 aromatic heterocycles. The van der Waals surface area contributed by atoms with E-state index in [0.29, 0.717) is 30.2 Å². The molecule has 28 heavy (non-hydrogen) atoms. The van der Waals surface area contributed by atoms with E-state index >= 15 is 0 Å². The molecular weight excluding hydrogens is 350 g/mol. The first-order chi connectivity index (χ1) is 13.7. The van der Waals surface area contributed by atoms with Gasteiger partial charge in [-0.3, -0.25) is 4.79 Å². The predicted octanol–water partition coefficient (Wildman–Crippen LogP) is 5.37. The summed E-state index contributed by atoms with van der Waals surface area (Å²) in [5.74, 6) is 1.13. The van der Waals surface area contributed by atoms with Gasteiger partial charge in [0.2, 0.25) is 0 Å². The molecule has 0 saturated heterocycles. The quantitative estimate of drug-likeness (QED) is 0.576. The van der Waals surface area contributed by atoms with Crippen LogP contribution in [0.3, 0.4) is 0 Å². The molecule has 3 aromatic rings. The number of aryl methyl sites for hydroxylation is 1. The second-order valence-electron chi connectivity index (χ2n) is 6.59. The van der Waals surface area contributed by atoms with Crippen molar-refractivity contribution in [2.24, 2.45) is 0 Å². The maximum absolute atomic E-state index is 12.8. The normalized spacial score (nSPS) is 11.5. The minimum atomic E-state index is -0.580. The van der Waals surface area contributed by atoms with Crippen LogP contribution in [0.15, 0.2) is 78.9 Å². The molecule has 1 N–H and O–H groups in total. The van der Waals surface area contributed by atoms with Gasteiger partial charge in [0.15, 0.2) is 6.10 Å². The van der Waals surface area contributed by atoms with Crippen LogP contribution in [0.25, 0.3) is 0 Å². The number of carbonyl (C=O) groups excluding carboxylic acids is 1. The van der Waals surface area contributed by atoms with Crippen LogP contribution in [0.2, 0.25) is 0 Å². The highest BCUT2D eigenvalue weighted by atomic mass is 16.5. The van der Waals surface area contributed by atoms with Crippen molar-refractivity contribution in [3.63, 3.8) is 0 Å². The highest BCUT2D eigenvalue weighted by Gasteiger charge is 2.20. The fraction of sp³-hybridized carbons (Fsp3) is 0.208. The van der Waals surface area contributed by atoms with Gasteiger partial charge in [-0.25, -0.2) is 0 Å². The summed E-state index contributed by atoms with van der Waals surface area (Å²) < 4.78 is 11.8. The third kappa shape index (κ3) is 5.36. The summed E-state index contributed by atoms with van der Waals surface area (Å²) in [5, 5.41) is 2.94. The van der Waals surface area contributed by atoms with Gasteiger partial charge in [0.1, 0.15) is 18.1 Å². The Morgan fingerprint density at radius 2 is 1.71 bits per heavy atom. The lowest BCUT2D eigenvalue weighted by atomic mass is 10.2. The summed E-state index contributed by atoms with van der Waals surface area (Å²) in [6.45, 7) is 4.36. The monoisotopic (exact) mass is 375 g/mol. The molecule has 0 aliphatic rings. The zero-order valence-corrected chi connectivity index (χ0v) is 16.2. The standard InChI is InChI=1S/C24H25NO3/c1-3-22(28-20-13-9-10-18(2)16-20)24(26)25-21-14-7-8-15-23(21)27-17-19-11-5-4-6-12-19/h4-16,22H,3,17H2,1-2H3,(H,25,26). The van der Waals surface area contributed by atoms with Crippen LogP contribution >= 0.6 is 0 Å². The average Bonchev–Trinajstić information content (AvgIpc) is 2.72. The van der Waals surface area contributed by atoms with Crippen molar-refractivity contribution in [1.82, 2.24) is 0 Å². The molecule has 0 saturated carbocycles. The van der Waals surface area contributed by atoms with Gasteiger partial charge in [-0.1, -0.05) is 61.5 Å². The Kier molecular flexibility index (Phi) is 6.68. The van der Waals surface area contributed by atoms with E-state index in [4.69, 9.17) is 9.47 Å². The molecule has 0 aliphatic heterocycles.